The molecule has 0 amide bonds. The number of fused-ring (bicyclic) bond motifs is 9. The highest BCUT2D eigenvalue weighted by Gasteiger charge is 2.84. The van der Waals surface area contributed by atoms with E-state index in [2.05, 4.69) is 148 Å². The third kappa shape index (κ3) is 3.43. The summed E-state index contributed by atoms with van der Waals surface area (Å²) in [6, 6.07) is 44.6. The zero-order valence-corrected chi connectivity index (χ0v) is 29.5. The smallest absolute Gasteiger partial charge is 0.0468 e. The van der Waals surface area contributed by atoms with Crippen molar-refractivity contribution in [3.63, 3.8) is 0 Å². The molecular formula is C48H47N. The van der Waals surface area contributed by atoms with Gasteiger partial charge in [0, 0.05) is 22.5 Å². The number of hydrogen-bond donors (Lipinski definition) is 0. The van der Waals surface area contributed by atoms with Crippen LogP contribution in [0.1, 0.15) is 88.5 Å². The lowest BCUT2D eigenvalue weighted by Gasteiger charge is -2.76. The van der Waals surface area contributed by atoms with Crippen molar-refractivity contribution in [3.05, 3.63) is 138 Å². The quantitative estimate of drug-likeness (QED) is 0.189. The Morgan fingerprint density at radius 2 is 1.20 bits per heavy atom. The minimum absolute atomic E-state index is 0.151. The van der Waals surface area contributed by atoms with Crippen LogP contribution in [0.4, 0.5) is 17.1 Å². The zero-order valence-electron chi connectivity index (χ0n) is 29.5. The summed E-state index contributed by atoms with van der Waals surface area (Å²) >= 11 is 0. The highest BCUT2D eigenvalue weighted by atomic mass is 15.1. The van der Waals surface area contributed by atoms with E-state index in [4.69, 9.17) is 0 Å². The van der Waals surface area contributed by atoms with Crippen molar-refractivity contribution in [2.45, 2.75) is 82.5 Å². The van der Waals surface area contributed by atoms with Crippen LogP contribution in [0, 0.1) is 29.1 Å². The van der Waals surface area contributed by atoms with E-state index in [9.17, 15) is 0 Å². The van der Waals surface area contributed by atoms with Crippen LogP contribution in [-0.4, -0.2) is 0 Å². The number of benzene rings is 5. The summed E-state index contributed by atoms with van der Waals surface area (Å²) in [7, 11) is 0. The van der Waals surface area contributed by atoms with Crippen molar-refractivity contribution >= 4 is 17.1 Å². The van der Waals surface area contributed by atoms with Gasteiger partial charge in [0.15, 0.2) is 0 Å². The first kappa shape index (κ1) is 28.7. The molecule has 244 valence electrons. The summed E-state index contributed by atoms with van der Waals surface area (Å²) in [5.74, 6) is 3.55. The van der Waals surface area contributed by atoms with Gasteiger partial charge in [0.2, 0.25) is 0 Å². The number of anilines is 3. The molecule has 0 heterocycles. The van der Waals surface area contributed by atoms with E-state index < -0.39 is 0 Å². The first-order valence-electron chi connectivity index (χ1n) is 19.1. The summed E-state index contributed by atoms with van der Waals surface area (Å²) in [5.41, 5.74) is 16.9. The van der Waals surface area contributed by atoms with Gasteiger partial charge in [-0.1, -0.05) is 107 Å². The fourth-order valence-corrected chi connectivity index (χ4v) is 13.1. The average molecular weight is 638 g/mol. The fourth-order valence-electron chi connectivity index (χ4n) is 13.1. The minimum Gasteiger partial charge on any atom is -0.310 e. The van der Waals surface area contributed by atoms with E-state index in [0.717, 1.165) is 23.7 Å². The number of nitrogens with zero attached hydrogens (tertiary/aromatic N) is 1. The maximum atomic E-state index is 2.59. The molecule has 49 heavy (non-hydrogen) atoms. The third-order valence-corrected chi connectivity index (χ3v) is 15.2. The molecule has 1 nitrogen and oxygen atoms in total. The number of hydrogen-bond acceptors (Lipinski definition) is 1. The molecule has 5 aromatic carbocycles. The van der Waals surface area contributed by atoms with Gasteiger partial charge in [0.05, 0.1) is 0 Å². The van der Waals surface area contributed by atoms with Gasteiger partial charge in [-0.15, -0.1) is 0 Å². The summed E-state index contributed by atoms with van der Waals surface area (Å²) in [5, 5.41) is 0. The molecule has 6 aliphatic rings. The Hall–Kier alpha value is -4.10. The van der Waals surface area contributed by atoms with Gasteiger partial charge in [-0.05, 0) is 159 Å². The van der Waals surface area contributed by atoms with Crippen molar-refractivity contribution in [1.29, 1.82) is 0 Å². The topological polar surface area (TPSA) is 3.24 Å². The van der Waals surface area contributed by atoms with Gasteiger partial charge in [0.25, 0.3) is 0 Å². The fraction of sp³-hybridized carbons (Fsp3) is 0.375. The van der Waals surface area contributed by atoms with E-state index in [0.29, 0.717) is 5.41 Å². The molecule has 6 unspecified atom stereocenters. The second-order valence-electron chi connectivity index (χ2n) is 18.1. The normalized spacial score (nSPS) is 31.3. The second kappa shape index (κ2) is 9.36. The van der Waals surface area contributed by atoms with Crippen LogP contribution in [0.3, 0.4) is 0 Å². The van der Waals surface area contributed by atoms with E-state index in [1.54, 1.807) is 11.1 Å². The summed E-state index contributed by atoms with van der Waals surface area (Å²) < 4.78 is 0. The Morgan fingerprint density at radius 3 is 1.96 bits per heavy atom. The lowest BCUT2D eigenvalue weighted by molar-refractivity contribution is -0.231. The predicted molar refractivity (Wildman–Crippen MR) is 203 cm³/mol. The standard InChI is InChI=1S/C48H47N/c1-45(2)22-23-46(3,4)41-28-35(19-21-39(41)45)49(33-14-9-6-10-15-33)34-18-20-38-37(27-34)44-36(31-12-7-5-8-13-31)16-11-17-40(44)48(38)42-25-30-24-32-26-43(48)47(32,42)29-30/h5-21,27-28,30,32,42-43H,22-26,29H2,1-4H3. The molecule has 0 aliphatic heterocycles. The second-order valence-corrected chi connectivity index (χ2v) is 18.1. The maximum absolute atomic E-state index is 2.59. The number of rotatable bonds is 4. The molecule has 0 aromatic heterocycles. The average Bonchev–Trinajstić information content (AvgIpc) is 3.75. The molecule has 1 heteroatoms. The van der Waals surface area contributed by atoms with Crippen molar-refractivity contribution in [3.8, 4) is 22.3 Å². The van der Waals surface area contributed by atoms with Crippen LogP contribution in [0.5, 0.6) is 0 Å². The van der Waals surface area contributed by atoms with Crippen LogP contribution in [0.25, 0.3) is 22.3 Å². The molecule has 11 rings (SSSR count). The van der Waals surface area contributed by atoms with Crippen LogP contribution >= 0.6 is 0 Å². The highest BCUT2D eigenvalue weighted by molar-refractivity contribution is 5.96. The van der Waals surface area contributed by atoms with Crippen LogP contribution in [-0.2, 0) is 16.2 Å². The van der Waals surface area contributed by atoms with E-state index in [-0.39, 0.29) is 16.2 Å². The zero-order chi connectivity index (χ0) is 32.9. The lowest BCUT2D eigenvalue weighted by Crippen LogP contribution is -2.73. The lowest BCUT2D eigenvalue weighted by atomic mass is 9.27. The van der Waals surface area contributed by atoms with E-state index in [1.807, 2.05) is 0 Å². The SMILES string of the molecule is CC1(C)CCC(C)(C)c2cc(N(c3ccccc3)c3ccc4c(c3)-c3c(-c5ccccc5)cccc3C43C4CC5CC6CC3C64C5)ccc21. The van der Waals surface area contributed by atoms with Gasteiger partial charge < -0.3 is 4.90 Å². The van der Waals surface area contributed by atoms with E-state index in [1.165, 1.54) is 89.0 Å². The molecular weight excluding hydrogens is 591 g/mol. The Labute approximate surface area is 292 Å². The van der Waals surface area contributed by atoms with Gasteiger partial charge in [-0.25, -0.2) is 0 Å². The third-order valence-electron chi connectivity index (χ3n) is 15.2. The monoisotopic (exact) mass is 637 g/mol. The molecule has 4 saturated carbocycles. The Kier molecular flexibility index (Phi) is 5.49. The molecule has 0 N–H and O–H groups in total. The summed E-state index contributed by atoms with van der Waals surface area (Å²) in [6.07, 6.45) is 8.32. The predicted octanol–water partition coefficient (Wildman–Crippen LogP) is 12.5. The molecule has 0 radical (unpaired) electrons. The summed E-state index contributed by atoms with van der Waals surface area (Å²) in [6.45, 7) is 9.75. The van der Waals surface area contributed by atoms with Gasteiger partial charge >= 0.3 is 0 Å². The highest BCUT2D eigenvalue weighted by Crippen LogP contribution is 2.89. The van der Waals surface area contributed by atoms with Crippen LogP contribution in [0.2, 0.25) is 0 Å². The molecule has 5 aromatic rings. The van der Waals surface area contributed by atoms with Crippen molar-refractivity contribution < 1.29 is 0 Å². The number of para-hydroxylation sites is 1. The maximum Gasteiger partial charge on any atom is 0.0468 e. The van der Waals surface area contributed by atoms with Gasteiger partial charge in [0.1, 0.15) is 0 Å². The molecule has 6 atom stereocenters. The Bertz CT molecular complexity index is 2170. The van der Waals surface area contributed by atoms with Crippen molar-refractivity contribution in [1.82, 2.24) is 0 Å². The van der Waals surface area contributed by atoms with Gasteiger partial charge in [-0.2, -0.15) is 0 Å². The van der Waals surface area contributed by atoms with Crippen molar-refractivity contribution in [2.75, 3.05) is 4.90 Å². The van der Waals surface area contributed by atoms with Crippen LogP contribution < -0.4 is 4.90 Å². The molecule has 4 fully saturated rings. The molecule has 6 aliphatic carbocycles. The Balaban J connectivity index is 1.14. The molecule has 0 saturated heterocycles. The minimum atomic E-state index is 0.151. The first-order chi connectivity index (χ1) is 23.7. The van der Waals surface area contributed by atoms with Crippen LogP contribution in [0.15, 0.2) is 115 Å². The van der Waals surface area contributed by atoms with E-state index >= 15 is 0 Å². The van der Waals surface area contributed by atoms with Crippen molar-refractivity contribution in [2.24, 2.45) is 29.1 Å². The molecule has 2 bridgehead atoms. The summed E-state index contributed by atoms with van der Waals surface area (Å²) in [4.78, 5) is 2.53. The van der Waals surface area contributed by atoms with Gasteiger partial charge in [-0.3, -0.25) is 0 Å². The first-order valence-corrected chi connectivity index (χ1v) is 19.1. The molecule has 2 spiro atoms. The largest absolute Gasteiger partial charge is 0.310 e. The Morgan fingerprint density at radius 1 is 0.531 bits per heavy atom.